The number of halogens is 1. The van der Waals surface area contributed by atoms with Gasteiger partial charge in [-0.2, -0.15) is 0 Å². The Hall–Kier alpha value is -2.58. The number of ether oxygens (including phenoxy) is 2. The van der Waals surface area contributed by atoms with Crippen LogP contribution >= 0.6 is 11.6 Å². The molecule has 3 aromatic rings. The van der Waals surface area contributed by atoms with Gasteiger partial charge in [-0.1, -0.05) is 36.7 Å². The van der Waals surface area contributed by atoms with Gasteiger partial charge in [-0.05, 0) is 48.9 Å². The lowest BCUT2D eigenvalue weighted by Crippen LogP contribution is -2.58. The van der Waals surface area contributed by atoms with Crippen molar-refractivity contribution in [2.45, 2.75) is 31.9 Å². The third kappa shape index (κ3) is 6.01. The van der Waals surface area contributed by atoms with Gasteiger partial charge in [0.1, 0.15) is 18.0 Å². The molecular formula is C30H39ClN4O3. The number of amides is 1. The third-order valence-corrected chi connectivity index (χ3v) is 8.17. The molecule has 2 aliphatic rings. The number of rotatable bonds is 8. The smallest absolute Gasteiger partial charge is 0.225 e. The maximum Gasteiger partial charge on any atom is 0.225 e. The summed E-state index contributed by atoms with van der Waals surface area (Å²) < 4.78 is 14.9. The van der Waals surface area contributed by atoms with Gasteiger partial charge in [0.15, 0.2) is 0 Å². The number of hydrogen-bond donors (Lipinski definition) is 0. The van der Waals surface area contributed by atoms with Crippen LogP contribution in [0.1, 0.15) is 24.5 Å². The first-order valence-electron chi connectivity index (χ1n) is 13.6. The second-order valence-corrected chi connectivity index (χ2v) is 11.2. The summed E-state index contributed by atoms with van der Waals surface area (Å²) >= 11 is 6.07. The highest BCUT2D eigenvalue weighted by Crippen LogP contribution is 2.30. The highest BCUT2D eigenvalue weighted by molar-refractivity contribution is 6.30. The number of likely N-dealkylation sites (N-methyl/N-ethyl adjacent to an activating group) is 1. The monoisotopic (exact) mass is 538 g/mol. The molecule has 0 N–H and O–H groups in total. The lowest BCUT2D eigenvalue weighted by Gasteiger charge is -2.43. The van der Waals surface area contributed by atoms with Crippen LogP contribution in [0.4, 0.5) is 0 Å². The molecule has 0 unspecified atom stereocenters. The Morgan fingerprint density at radius 1 is 1.03 bits per heavy atom. The fourth-order valence-corrected chi connectivity index (χ4v) is 5.91. The maximum absolute atomic E-state index is 13.5. The van der Waals surface area contributed by atoms with Gasteiger partial charge in [0.2, 0.25) is 5.91 Å². The lowest BCUT2D eigenvalue weighted by atomic mass is 9.96. The van der Waals surface area contributed by atoms with Crippen molar-refractivity contribution in [3.63, 3.8) is 0 Å². The van der Waals surface area contributed by atoms with E-state index in [-0.39, 0.29) is 5.91 Å². The van der Waals surface area contributed by atoms with Crippen LogP contribution in [0.5, 0.6) is 5.75 Å². The van der Waals surface area contributed by atoms with Gasteiger partial charge in [0.05, 0.1) is 18.5 Å². The van der Waals surface area contributed by atoms with Gasteiger partial charge in [0.25, 0.3) is 0 Å². The number of para-hydroxylation sites is 1. The predicted octanol–water partition coefficient (Wildman–Crippen LogP) is 4.21. The van der Waals surface area contributed by atoms with E-state index in [1.807, 2.05) is 29.2 Å². The maximum atomic E-state index is 13.5. The van der Waals surface area contributed by atoms with Crippen molar-refractivity contribution in [3.05, 3.63) is 64.8 Å². The molecule has 2 aromatic carbocycles. The molecule has 0 radical (unpaired) electrons. The van der Waals surface area contributed by atoms with Crippen molar-refractivity contribution in [2.24, 2.45) is 7.05 Å². The number of piperazine rings is 1. The third-order valence-electron chi connectivity index (χ3n) is 7.92. The molecule has 0 spiro atoms. The minimum absolute atomic E-state index is 0.136. The van der Waals surface area contributed by atoms with Crippen LogP contribution in [0.2, 0.25) is 5.02 Å². The highest BCUT2D eigenvalue weighted by Gasteiger charge is 2.41. The quantitative estimate of drug-likeness (QED) is 0.430. The standard InChI is InChI=1S/C30H39ClN4O3/c1-4-23-6-5-7-27-24(19-33(3)29(23)27)20-34-16-17-38-30(21-34,22-37-26-10-8-25(31)9-11-26)18-28(36)35-14-12-32(2)13-15-35/h5-11,19H,4,12-18,20-22H2,1-3H3/t30-/m1/s1. The Kier molecular flexibility index (Phi) is 8.29. The highest BCUT2D eigenvalue weighted by atomic mass is 35.5. The number of carbonyl (C=O) groups is 1. The van der Waals surface area contributed by atoms with E-state index in [0.29, 0.717) is 31.2 Å². The molecule has 38 heavy (non-hydrogen) atoms. The average molecular weight is 539 g/mol. The van der Waals surface area contributed by atoms with Crippen molar-refractivity contribution in [1.29, 1.82) is 0 Å². The summed E-state index contributed by atoms with van der Waals surface area (Å²) in [7, 11) is 4.23. The molecule has 1 amide bonds. The topological polar surface area (TPSA) is 50.2 Å². The Morgan fingerprint density at radius 3 is 2.53 bits per heavy atom. The van der Waals surface area contributed by atoms with Gasteiger partial charge in [-0.25, -0.2) is 0 Å². The van der Waals surface area contributed by atoms with Crippen molar-refractivity contribution in [3.8, 4) is 5.75 Å². The van der Waals surface area contributed by atoms with Crippen LogP contribution in [0, 0.1) is 0 Å². The summed E-state index contributed by atoms with van der Waals surface area (Å²) in [6.45, 7) is 8.62. The fraction of sp³-hybridized carbons (Fsp3) is 0.500. The van der Waals surface area contributed by atoms with Crippen LogP contribution < -0.4 is 4.74 Å². The molecule has 1 atom stereocenters. The Bertz CT molecular complexity index is 1250. The first-order valence-corrected chi connectivity index (χ1v) is 14.0. The SMILES string of the molecule is CCc1cccc2c(CN3CCO[C@](COc4ccc(Cl)cc4)(CC(=O)N4CCN(C)CC4)C3)cn(C)c12. The zero-order valence-electron chi connectivity index (χ0n) is 22.8. The van der Waals surface area contributed by atoms with E-state index < -0.39 is 5.60 Å². The molecule has 8 heteroatoms. The van der Waals surface area contributed by atoms with Crippen molar-refractivity contribution >= 4 is 28.4 Å². The van der Waals surface area contributed by atoms with E-state index in [4.69, 9.17) is 21.1 Å². The molecule has 2 aliphatic heterocycles. The molecule has 7 nitrogen and oxygen atoms in total. The van der Waals surface area contributed by atoms with E-state index >= 15 is 0 Å². The van der Waals surface area contributed by atoms with Crippen LogP contribution in [0.25, 0.3) is 10.9 Å². The molecule has 2 saturated heterocycles. The van der Waals surface area contributed by atoms with E-state index in [9.17, 15) is 4.79 Å². The number of aromatic nitrogens is 1. The summed E-state index contributed by atoms with van der Waals surface area (Å²) in [4.78, 5) is 20.1. The second kappa shape index (κ2) is 11.7. The molecule has 3 heterocycles. The number of nitrogens with zero attached hydrogens (tertiary/aromatic N) is 4. The zero-order valence-corrected chi connectivity index (χ0v) is 23.5. The lowest BCUT2D eigenvalue weighted by molar-refractivity contribution is -0.157. The van der Waals surface area contributed by atoms with Crippen LogP contribution in [0.3, 0.4) is 0 Å². The zero-order chi connectivity index (χ0) is 26.7. The van der Waals surface area contributed by atoms with Gasteiger partial charge in [-0.3, -0.25) is 9.69 Å². The van der Waals surface area contributed by atoms with E-state index in [1.54, 1.807) is 0 Å². The molecule has 204 valence electrons. The van der Waals surface area contributed by atoms with Crippen LogP contribution in [-0.4, -0.2) is 90.3 Å². The molecule has 0 aliphatic carbocycles. The van der Waals surface area contributed by atoms with Crippen LogP contribution in [0.15, 0.2) is 48.7 Å². The number of fused-ring (bicyclic) bond motifs is 1. The minimum Gasteiger partial charge on any atom is -0.491 e. The van der Waals surface area contributed by atoms with Gasteiger partial charge >= 0.3 is 0 Å². The van der Waals surface area contributed by atoms with Gasteiger partial charge < -0.3 is 23.8 Å². The second-order valence-electron chi connectivity index (χ2n) is 10.8. The largest absolute Gasteiger partial charge is 0.491 e. The molecule has 5 rings (SSSR count). The number of carbonyl (C=O) groups excluding carboxylic acids is 1. The van der Waals surface area contributed by atoms with E-state index in [1.165, 1.54) is 22.0 Å². The Morgan fingerprint density at radius 2 is 1.79 bits per heavy atom. The first kappa shape index (κ1) is 27.0. The summed E-state index contributed by atoms with van der Waals surface area (Å²) in [5.74, 6) is 0.861. The summed E-state index contributed by atoms with van der Waals surface area (Å²) in [5, 5.41) is 1.97. The Labute approximate surface area is 230 Å². The number of benzene rings is 2. The number of aryl methyl sites for hydroxylation is 2. The first-order chi connectivity index (χ1) is 18.4. The molecular weight excluding hydrogens is 500 g/mol. The Balaban J connectivity index is 1.36. The van der Waals surface area contributed by atoms with Crippen molar-refractivity contribution in [2.75, 3.05) is 59.5 Å². The molecule has 0 saturated carbocycles. The van der Waals surface area contributed by atoms with E-state index in [0.717, 1.165) is 51.4 Å². The fourth-order valence-electron chi connectivity index (χ4n) is 5.78. The predicted molar refractivity (Wildman–Crippen MR) is 152 cm³/mol. The minimum atomic E-state index is -0.725. The normalized spacial score (nSPS) is 21.2. The summed E-state index contributed by atoms with van der Waals surface area (Å²) in [5.41, 5.74) is 3.25. The van der Waals surface area contributed by atoms with Crippen LogP contribution in [-0.2, 0) is 29.5 Å². The van der Waals surface area contributed by atoms with Crippen molar-refractivity contribution in [1.82, 2.24) is 19.3 Å². The van der Waals surface area contributed by atoms with Crippen molar-refractivity contribution < 1.29 is 14.3 Å². The number of hydrogen-bond acceptors (Lipinski definition) is 5. The van der Waals surface area contributed by atoms with Gasteiger partial charge in [0, 0.05) is 69.5 Å². The summed E-state index contributed by atoms with van der Waals surface area (Å²) in [6, 6.07) is 13.9. The molecule has 1 aromatic heterocycles. The average Bonchev–Trinajstić information content (AvgIpc) is 3.24. The molecule has 0 bridgehead atoms. The number of morpholine rings is 1. The summed E-state index contributed by atoms with van der Waals surface area (Å²) in [6.07, 6.45) is 3.56. The van der Waals surface area contributed by atoms with Gasteiger partial charge in [-0.15, -0.1) is 0 Å². The van der Waals surface area contributed by atoms with E-state index in [2.05, 4.69) is 59.8 Å². The molecule has 2 fully saturated rings.